The minimum Gasteiger partial charge on any atom is -0.441 e. The summed E-state index contributed by atoms with van der Waals surface area (Å²) in [5.41, 5.74) is 0.521. The Kier molecular flexibility index (Phi) is 5.01. The number of cyclic esters (lactones) is 1. The number of carbonyl (C=O) groups excluding carboxylic acids is 1. The van der Waals surface area contributed by atoms with Gasteiger partial charge in [-0.2, -0.15) is 4.72 Å². The van der Waals surface area contributed by atoms with Crippen molar-refractivity contribution in [1.29, 1.82) is 0 Å². The van der Waals surface area contributed by atoms with Gasteiger partial charge in [0, 0.05) is 5.69 Å². The first-order chi connectivity index (χ1) is 10.3. The van der Waals surface area contributed by atoms with Crippen LogP contribution in [-0.4, -0.2) is 64.5 Å². The van der Waals surface area contributed by atoms with Gasteiger partial charge in [0.15, 0.2) is 0 Å². The lowest BCUT2D eigenvalue weighted by Gasteiger charge is -2.14. The van der Waals surface area contributed by atoms with E-state index < -0.39 is 22.2 Å². The molecule has 22 heavy (non-hydrogen) atoms. The fourth-order valence-corrected chi connectivity index (χ4v) is 3.02. The number of anilines is 1. The maximum absolute atomic E-state index is 12.1. The van der Waals surface area contributed by atoms with E-state index in [9.17, 15) is 13.2 Å². The van der Waals surface area contributed by atoms with E-state index in [1.54, 1.807) is 19.0 Å². The van der Waals surface area contributed by atoms with Gasteiger partial charge in [-0.25, -0.2) is 13.2 Å². The first-order valence-corrected chi connectivity index (χ1v) is 8.15. The van der Waals surface area contributed by atoms with Crippen molar-refractivity contribution in [1.82, 2.24) is 9.62 Å². The van der Waals surface area contributed by atoms with Crippen LogP contribution < -0.4 is 9.62 Å². The van der Waals surface area contributed by atoms with Gasteiger partial charge in [-0.15, -0.1) is 0 Å². The molecule has 1 aliphatic heterocycles. The maximum atomic E-state index is 12.1. The zero-order valence-corrected chi connectivity index (χ0v) is 13.2. The lowest BCUT2D eigenvalue weighted by molar-refractivity contribution is 0.0963. The molecule has 8 nitrogen and oxygen atoms in total. The predicted molar refractivity (Wildman–Crippen MR) is 80.0 cm³/mol. The largest absolute Gasteiger partial charge is 0.441 e. The fourth-order valence-electron chi connectivity index (χ4n) is 1.93. The van der Waals surface area contributed by atoms with E-state index in [2.05, 4.69) is 4.72 Å². The Hall–Kier alpha value is -1.68. The Morgan fingerprint density at radius 1 is 1.36 bits per heavy atom. The molecular weight excluding hydrogens is 310 g/mol. The van der Waals surface area contributed by atoms with Crippen molar-refractivity contribution in [2.24, 2.45) is 0 Å². The van der Waals surface area contributed by atoms with Crippen LogP contribution >= 0.6 is 0 Å². The lowest BCUT2D eigenvalue weighted by Crippen LogP contribution is -2.33. The van der Waals surface area contributed by atoms with Crippen molar-refractivity contribution in [3.63, 3.8) is 0 Å². The molecule has 0 saturated carbocycles. The highest BCUT2D eigenvalue weighted by molar-refractivity contribution is 7.89. The quantitative estimate of drug-likeness (QED) is 0.701. The first kappa shape index (κ1) is 16.7. The second-order valence-electron chi connectivity index (χ2n) is 5.18. The smallest absolute Gasteiger partial charge is 0.414 e. The number of benzene rings is 1. The fraction of sp³-hybridized carbons (Fsp3) is 0.462. The number of nitrogens with one attached hydrogen (secondary N) is 1. The van der Waals surface area contributed by atoms with Crippen LogP contribution in [-0.2, 0) is 14.8 Å². The zero-order chi connectivity index (χ0) is 16.3. The van der Waals surface area contributed by atoms with Gasteiger partial charge in [0.1, 0.15) is 6.10 Å². The Morgan fingerprint density at radius 2 is 2.00 bits per heavy atom. The summed E-state index contributed by atoms with van der Waals surface area (Å²) in [5.74, 6) is 0. The molecule has 0 radical (unpaired) electrons. The highest BCUT2D eigenvalue weighted by Gasteiger charge is 2.31. The molecule has 0 bridgehead atoms. The number of sulfonamides is 1. The molecule has 1 aromatic rings. The number of nitrogens with zero attached hydrogens (tertiary/aromatic N) is 2. The summed E-state index contributed by atoms with van der Waals surface area (Å²) >= 11 is 0. The standard InChI is InChI=1S/C13H19N3O5S/c1-15(2)9-14-22(19,20)12-5-3-10(4-6-12)16-7-11(8-17)21-13(16)18/h3-6,11,14,17H,7-9H2,1-2H3. The molecule has 1 aliphatic rings. The summed E-state index contributed by atoms with van der Waals surface area (Å²) in [6, 6.07) is 5.91. The summed E-state index contributed by atoms with van der Waals surface area (Å²) in [6.07, 6.45) is -1.11. The van der Waals surface area contributed by atoms with Gasteiger partial charge in [-0.3, -0.25) is 9.80 Å². The van der Waals surface area contributed by atoms with Gasteiger partial charge in [0.2, 0.25) is 10.0 Å². The molecular formula is C13H19N3O5S. The molecule has 122 valence electrons. The zero-order valence-electron chi connectivity index (χ0n) is 12.4. The summed E-state index contributed by atoms with van der Waals surface area (Å²) in [6.45, 7) is 0.185. The molecule has 2 N–H and O–H groups in total. The van der Waals surface area contributed by atoms with E-state index in [1.165, 1.54) is 29.2 Å². The van der Waals surface area contributed by atoms with Crippen LogP contribution in [0.25, 0.3) is 0 Å². The Labute approximate surface area is 129 Å². The second-order valence-corrected chi connectivity index (χ2v) is 6.95. The predicted octanol–water partition coefficient (Wildman–Crippen LogP) is -0.198. The van der Waals surface area contributed by atoms with Gasteiger partial charge < -0.3 is 9.84 Å². The molecule has 1 amide bonds. The number of carbonyl (C=O) groups is 1. The Bertz CT molecular complexity index is 630. The van der Waals surface area contributed by atoms with Crippen molar-refractivity contribution in [3.8, 4) is 0 Å². The summed E-state index contributed by atoms with van der Waals surface area (Å²) in [7, 11) is -0.0866. The Balaban J connectivity index is 2.12. The van der Waals surface area contributed by atoms with Crippen molar-refractivity contribution < 1.29 is 23.1 Å². The van der Waals surface area contributed by atoms with E-state index in [0.717, 1.165) is 0 Å². The molecule has 0 spiro atoms. The monoisotopic (exact) mass is 329 g/mol. The third kappa shape index (κ3) is 3.74. The van der Waals surface area contributed by atoms with Crippen LogP contribution in [0.4, 0.5) is 10.5 Å². The van der Waals surface area contributed by atoms with Gasteiger partial charge >= 0.3 is 6.09 Å². The molecule has 1 heterocycles. The van der Waals surface area contributed by atoms with E-state index in [-0.39, 0.29) is 24.7 Å². The van der Waals surface area contributed by atoms with Crippen LogP contribution in [0.3, 0.4) is 0 Å². The number of aliphatic hydroxyl groups is 1. The average molecular weight is 329 g/mol. The van der Waals surface area contributed by atoms with Gasteiger partial charge in [0.05, 0.1) is 24.7 Å². The van der Waals surface area contributed by atoms with Crippen LogP contribution in [0.1, 0.15) is 0 Å². The molecule has 2 rings (SSSR count). The van der Waals surface area contributed by atoms with Crippen molar-refractivity contribution in [2.75, 3.05) is 38.8 Å². The third-order valence-electron chi connectivity index (χ3n) is 3.11. The number of amides is 1. The number of hydrogen-bond acceptors (Lipinski definition) is 6. The van der Waals surface area contributed by atoms with E-state index in [1.807, 2.05) is 0 Å². The molecule has 1 fully saturated rings. The maximum Gasteiger partial charge on any atom is 0.414 e. The minimum absolute atomic E-state index is 0.115. The normalized spacial score (nSPS) is 18.8. The van der Waals surface area contributed by atoms with Gasteiger partial charge in [0.25, 0.3) is 0 Å². The highest BCUT2D eigenvalue weighted by atomic mass is 32.2. The lowest BCUT2D eigenvalue weighted by atomic mass is 10.3. The van der Waals surface area contributed by atoms with Crippen LogP contribution in [0.2, 0.25) is 0 Å². The van der Waals surface area contributed by atoms with Crippen molar-refractivity contribution in [3.05, 3.63) is 24.3 Å². The number of aliphatic hydroxyl groups excluding tert-OH is 1. The highest BCUT2D eigenvalue weighted by Crippen LogP contribution is 2.23. The second kappa shape index (κ2) is 6.61. The summed E-state index contributed by atoms with van der Waals surface area (Å²) in [4.78, 5) is 14.8. The van der Waals surface area contributed by atoms with Gasteiger partial charge in [-0.1, -0.05) is 0 Å². The van der Waals surface area contributed by atoms with E-state index in [4.69, 9.17) is 9.84 Å². The average Bonchev–Trinajstić information content (AvgIpc) is 2.86. The minimum atomic E-state index is -3.59. The summed E-state index contributed by atoms with van der Waals surface area (Å²) in [5, 5.41) is 9.01. The molecule has 1 aromatic carbocycles. The molecule has 1 saturated heterocycles. The van der Waals surface area contributed by atoms with E-state index in [0.29, 0.717) is 5.69 Å². The van der Waals surface area contributed by atoms with Gasteiger partial charge in [-0.05, 0) is 38.4 Å². The topological polar surface area (TPSA) is 99.2 Å². The number of rotatable bonds is 6. The molecule has 0 aliphatic carbocycles. The first-order valence-electron chi connectivity index (χ1n) is 6.67. The summed E-state index contributed by atoms with van der Waals surface area (Å²) < 4.78 is 31.5. The molecule has 9 heteroatoms. The SMILES string of the molecule is CN(C)CNS(=O)(=O)c1ccc(N2CC(CO)OC2=O)cc1. The number of ether oxygens (including phenoxy) is 1. The molecule has 1 unspecified atom stereocenters. The van der Waals surface area contributed by atoms with Crippen LogP contribution in [0.5, 0.6) is 0 Å². The van der Waals surface area contributed by atoms with Crippen LogP contribution in [0.15, 0.2) is 29.2 Å². The number of hydrogen-bond donors (Lipinski definition) is 2. The van der Waals surface area contributed by atoms with E-state index >= 15 is 0 Å². The van der Waals surface area contributed by atoms with Crippen molar-refractivity contribution in [2.45, 2.75) is 11.0 Å². The molecule has 0 aromatic heterocycles. The van der Waals surface area contributed by atoms with Crippen molar-refractivity contribution >= 4 is 21.8 Å². The Morgan fingerprint density at radius 3 is 2.50 bits per heavy atom. The van der Waals surface area contributed by atoms with Crippen LogP contribution in [0, 0.1) is 0 Å². The third-order valence-corrected chi connectivity index (χ3v) is 4.51. The molecule has 1 atom stereocenters.